The molecular formula is C72H50N4. The molecular weight excluding hydrogens is 921 g/mol. The van der Waals surface area contributed by atoms with Gasteiger partial charge in [0.05, 0.1) is 5.69 Å². The van der Waals surface area contributed by atoms with E-state index < -0.39 is 0 Å². The van der Waals surface area contributed by atoms with Gasteiger partial charge in [-0.1, -0.05) is 230 Å². The zero-order chi connectivity index (χ0) is 51.0. The fourth-order valence-corrected chi connectivity index (χ4v) is 10.8. The highest BCUT2D eigenvalue weighted by atomic mass is 15.0. The molecule has 0 atom stereocenters. The highest BCUT2D eigenvalue weighted by molar-refractivity contribution is 5.98. The lowest BCUT2D eigenvalue weighted by molar-refractivity contribution is 1.07. The number of benzene rings is 11. The highest BCUT2D eigenvalue weighted by Gasteiger charge is 2.19. The van der Waals surface area contributed by atoms with E-state index in [1.165, 1.54) is 50.1 Å². The van der Waals surface area contributed by atoms with Crippen LogP contribution < -0.4 is 0 Å². The zero-order valence-electron chi connectivity index (χ0n) is 42.2. The van der Waals surface area contributed by atoms with Gasteiger partial charge in [-0.3, -0.25) is 4.98 Å². The van der Waals surface area contributed by atoms with Gasteiger partial charge in [-0.25, -0.2) is 15.0 Å². The second kappa shape index (κ2) is 19.8. The fourth-order valence-electron chi connectivity index (χ4n) is 10.8. The summed E-state index contributed by atoms with van der Waals surface area (Å²) in [5.41, 5.74) is 20.9. The second-order valence-electron chi connectivity index (χ2n) is 19.6. The van der Waals surface area contributed by atoms with Gasteiger partial charge >= 0.3 is 0 Å². The first kappa shape index (κ1) is 45.9. The van der Waals surface area contributed by atoms with Crippen molar-refractivity contribution < 1.29 is 0 Å². The molecule has 4 heteroatoms. The Morgan fingerprint density at radius 2 is 0.684 bits per heavy atom. The minimum Gasteiger partial charge on any atom is -0.255 e. The third kappa shape index (κ3) is 9.03. The lowest BCUT2D eigenvalue weighted by atomic mass is 9.86. The molecule has 0 aliphatic carbocycles. The van der Waals surface area contributed by atoms with E-state index >= 15 is 0 Å². The average Bonchev–Trinajstić information content (AvgIpc) is 3.49. The number of rotatable bonds is 10. The summed E-state index contributed by atoms with van der Waals surface area (Å²) in [6.45, 7) is 4.35. The normalized spacial score (nSPS) is 11.3. The van der Waals surface area contributed by atoms with Crippen LogP contribution in [-0.2, 0) is 0 Å². The molecule has 4 nitrogen and oxygen atoms in total. The summed E-state index contributed by atoms with van der Waals surface area (Å²) in [6, 6.07) is 93.2. The quantitative estimate of drug-likeness (QED) is 0.137. The van der Waals surface area contributed by atoms with Crippen LogP contribution in [0.25, 0.3) is 134 Å². The Kier molecular flexibility index (Phi) is 12.0. The van der Waals surface area contributed by atoms with E-state index in [9.17, 15) is 0 Å². The Bertz CT molecular complexity index is 4110. The first-order valence-electron chi connectivity index (χ1n) is 25.8. The van der Waals surface area contributed by atoms with E-state index in [2.05, 4.69) is 275 Å². The number of pyridine rings is 1. The lowest BCUT2D eigenvalue weighted by Gasteiger charge is -2.18. The molecule has 2 aromatic heterocycles. The number of aromatic nitrogens is 4. The summed E-state index contributed by atoms with van der Waals surface area (Å²) in [7, 11) is 0. The van der Waals surface area contributed by atoms with Crippen molar-refractivity contribution in [2.24, 2.45) is 0 Å². The largest absolute Gasteiger partial charge is 0.255 e. The predicted octanol–water partition coefficient (Wildman–Crippen LogP) is 18.9. The van der Waals surface area contributed by atoms with Crippen molar-refractivity contribution in [3.63, 3.8) is 0 Å². The summed E-state index contributed by atoms with van der Waals surface area (Å²) >= 11 is 0. The predicted molar refractivity (Wildman–Crippen MR) is 316 cm³/mol. The summed E-state index contributed by atoms with van der Waals surface area (Å²) < 4.78 is 0. The van der Waals surface area contributed by atoms with Gasteiger partial charge in [-0.05, 0) is 145 Å². The van der Waals surface area contributed by atoms with E-state index in [4.69, 9.17) is 19.9 Å². The van der Waals surface area contributed by atoms with Crippen LogP contribution in [0.4, 0.5) is 0 Å². The van der Waals surface area contributed by atoms with Crippen molar-refractivity contribution in [3.05, 3.63) is 278 Å². The van der Waals surface area contributed by atoms with Crippen LogP contribution in [0, 0.1) is 13.8 Å². The Balaban J connectivity index is 0.949. The molecule has 0 fully saturated rings. The standard InChI is InChI=1S/C72H50N4/c1-47-38-48(2)40-60(39-47)63-30-13-14-31-64(63)65-36-34-55(45-68(65)54-27-15-26-53(41-54)59-43-57(49-18-5-3-6-19-49)42-58(44-59)50-20-7-4-8-21-50)69-37-35-56(46-73-69)70-74-71(66-32-16-24-51-22-9-11-28-61(51)66)76-72(75-70)67-33-17-25-52-23-10-12-29-62(52)67/h3-46H,1-2H3. The molecule has 0 N–H and O–H groups in total. The van der Waals surface area contributed by atoms with Crippen LogP contribution in [0.5, 0.6) is 0 Å². The van der Waals surface area contributed by atoms with E-state index in [0.717, 1.165) is 77.3 Å². The molecule has 13 rings (SSSR count). The third-order valence-electron chi connectivity index (χ3n) is 14.4. The van der Waals surface area contributed by atoms with Crippen LogP contribution in [0.15, 0.2) is 267 Å². The summed E-state index contributed by atoms with van der Waals surface area (Å²) in [5, 5.41) is 4.41. The minimum absolute atomic E-state index is 0.558. The molecule has 0 radical (unpaired) electrons. The molecule has 0 saturated carbocycles. The van der Waals surface area contributed by atoms with Gasteiger partial charge in [0.15, 0.2) is 17.5 Å². The van der Waals surface area contributed by atoms with Gasteiger partial charge in [-0.15, -0.1) is 0 Å². The van der Waals surface area contributed by atoms with Gasteiger partial charge in [0.2, 0.25) is 0 Å². The SMILES string of the molecule is Cc1cc(C)cc(-c2ccccc2-c2ccc(-c3ccc(-c4nc(-c5cccc6ccccc56)nc(-c5cccc6ccccc56)n4)cn3)cc2-c2cccc(-c3cc(-c4ccccc4)cc(-c4ccccc4)c3)c2)c1. The van der Waals surface area contributed by atoms with E-state index in [1.807, 2.05) is 6.20 Å². The molecule has 13 aromatic rings. The Hall–Kier alpha value is -9.90. The number of aryl methyl sites for hydroxylation is 2. The van der Waals surface area contributed by atoms with E-state index in [0.29, 0.717) is 17.5 Å². The highest BCUT2D eigenvalue weighted by Crippen LogP contribution is 2.43. The molecule has 0 unspecified atom stereocenters. The molecule has 0 bridgehead atoms. The number of fused-ring (bicyclic) bond motifs is 2. The van der Waals surface area contributed by atoms with Gasteiger partial charge in [-0.2, -0.15) is 0 Å². The van der Waals surface area contributed by atoms with Crippen molar-refractivity contribution in [1.29, 1.82) is 0 Å². The van der Waals surface area contributed by atoms with Gasteiger partial charge in [0.25, 0.3) is 0 Å². The maximum Gasteiger partial charge on any atom is 0.165 e. The molecule has 0 aliphatic heterocycles. The van der Waals surface area contributed by atoms with Gasteiger partial charge in [0, 0.05) is 28.5 Å². The molecule has 11 aromatic carbocycles. The fraction of sp³-hybridized carbons (Fsp3) is 0.0278. The molecule has 76 heavy (non-hydrogen) atoms. The smallest absolute Gasteiger partial charge is 0.165 e. The number of hydrogen-bond donors (Lipinski definition) is 0. The van der Waals surface area contributed by atoms with Crippen molar-refractivity contribution in [2.75, 3.05) is 0 Å². The maximum atomic E-state index is 5.19. The van der Waals surface area contributed by atoms with Crippen LogP contribution in [0.3, 0.4) is 0 Å². The first-order valence-corrected chi connectivity index (χ1v) is 25.8. The monoisotopic (exact) mass is 970 g/mol. The van der Waals surface area contributed by atoms with Gasteiger partial charge in [0.1, 0.15) is 0 Å². The Morgan fingerprint density at radius 1 is 0.237 bits per heavy atom. The molecule has 358 valence electrons. The topological polar surface area (TPSA) is 51.6 Å². The van der Waals surface area contributed by atoms with Crippen LogP contribution in [0.1, 0.15) is 11.1 Å². The molecule has 0 amide bonds. The lowest BCUT2D eigenvalue weighted by Crippen LogP contribution is -2.01. The summed E-state index contributed by atoms with van der Waals surface area (Å²) in [6.07, 6.45) is 1.90. The Labute approximate surface area is 443 Å². The van der Waals surface area contributed by atoms with Crippen LogP contribution in [0.2, 0.25) is 0 Å². The second-order valence-corrected chi connectivity index (χ2v) is 19.6. The minimum atomic E-state index is 0.558. The van der Waals surface area contributed by atoms with Crippen molar-refractivity contribution in [3.8, 4) is 112 Å². The molecule has 0 spiro atoms. The van der Waals surface area contributed by atoms with E-state index in [-0.39, 0.29) is 0 Å². The van der Waals surface area contributed by atoms with Crippen molar-refractivity contribution >= 4 is 21.5 Å². The summed E-state index contributed by atoms with van der Waals surface area (Å²) in [5.74, 6) is 1.78. The maximum absolute atomic E-state index is 5.19. The Morgan fingerprint density at radius 3 is 1.29 bits per heavy atom. The van der Waals surface area contributed by atoms with Crippen LogP contribution in [-0.4, -0.2) is 19.9 Å². The summed E-state index contributed by atoms with van der Waals surface area (Å²) in [4.78, 5) is 20.8. The van der Waals surface area contributed by atoms with Crippen molar-refractivity contribution in [1.82, 2.24) is 19.9 Å². The zero-order valence-corrected chi connectivity index (χ0v) is 42.2. The average molecular weight is 971 g/mol. The molecule has 2 heterocycles. The van der Waals surface area contributed by atoms with Gasteiger partial charge < -0.3 is 0 Å². The number of hydrogen-bond acceptors (Lipinski definition) is 4. The molecule has 0 aliphatic rings. The first-order chi connectivity index (χ1) is 37.5. The van der Waals surface area contributed by atoms with Crippen LogP contribution >= 0.6 is 0 Å². The third-order valence-corrected chi connectivity index (χ3v) is 14.4. The van der Waals surface area contributed by atoms with E-state index in [1.54, 1.807) is 0 Å². The number of nitrogens with zero attached hydrogens (tertiary/aromatic N) is 4. The molecule has 0 saturated heterocycles. The van der Waals surface area contributed by atoms with Crippen molar-refractivity contribution in [2.45, 2.75) is 13.8 Å².